The number of hydrogen-bond donors (Lipinski definition) is 1. The summed E-state index contributed by atoms with van der Waals surface area (Å²) in [4.78, 5) is 13.9. The number of carbonyl (C=O) groups excluding carboxylic acids is 1. The molecule has 0 aliphatic rings. The van der Waals surface area contributed by atoms with Crippen LogP contribution >= 0.6 is 0 Å². The van der Waals surface area contributed by atoms with E-state index >= 15 is 0 Å². The van der Waals surface area contributed by atoms with Crippen LogP contribution in [0.3, 0.4) is 0 Å². The molecule has 0 heterocycles. The van der Waals surface area contributed by atoms with Crippen molar-refractivity contribution in [1.29, 1.82) is 0 Å². The molecule has 0 bridgehead atoms. The van der Waals surface area contributed by atoms with Gasteiger partial charge in [0, 0.05) is 17.5 Å². The molecule has 0 fully saturated rings. The van der Waals surface area contributed by atoms with Crippen molar-refractivity contribution in [2.45, 2.75) is 5.75 Å². The molecule has 9 heteroatoms. The Morgan fingerprint density at radius 3 is 2.12 bits per heavy atom. The van der Waals surface area contributed by atoms with Crippen molar-refractivity contribution in [3.63, 3.8) is 0 Å². The van der Waals surface area contributed by atoms with Gasteiger partial charge in [0.2, 0.25) is 5.91 Å². The maximum absolute atomic E-state index is 12.7. The third kappa shape index (κ3) is 7.00. The molecule has 32 heavy (non-hydrogen) atoms. The van der Waals surface area contributed by atoms with Crippen molar-refractivity contribution in [3.8, 4) is 23.0 Å². The first-order valence-corrected chi connectivity index (χ1v) is 11.2. The zero-order chi connectivity index (χ0) is 23.7. The maximum Gasteiger partial charge on any atom is 0.238 e. The molecule has 2 aromatic carbocycles. The number of likely N-dealkylation sites (N-methyl/N-ethyl adjacent to an activating group) is 1. The standard InChI is InChI=1S/C23H30N2O6S/c1-25(2)14-23(26)24-19-11-16(7-8-20(19)29-4)15-32(27)10-9-18-21(30-5)12-17(28-3)13-22(18)31-6/h7-13H,14-15H2,1-6H3,(H,24,26)/b10-9+. The minimum Gasteiger partial charge on any atom is -0.496 e. The highest BCUT2D eigenvalue weighted by Crippen LogP contribution is 2.35. The summed E-state index contributed by atoms with van der Waals surface area (Å²) < 4.78 is 34.2. The summed E-state index contributed by atoms with van der Waals surface area (Å²) >= 11 is 0. The second-order valence-corrected chi connectivity index (χ2v) is 8.42. The lowest BCUT2D eigenvalue weighted by Gasteiger charge is -2.14. The lowest BCUT2D eigenvalue weighted by Crippen LogP contribution is -2.27. The third-order valence-electron chi connectivity index (χ3n) is 4.45. The second-order valence-electron chi connectivity index (χ2n) is 7.09. The van der Waals surface area contributed by atoms with E-state index in [1.54, 1.807) is 62.0 Å². The number of hydrogen-bond acceptors (Lipinski definition) is 7. The molecule has 174 valence electrons. The second kappa shape index (κ2) is 12.1. The van der Waals surface area contributed by atoms with Crippen molar-refractivity contribution >= 4 is 28.5 Å². The zero-order valence-electron chi connectivity index (χ0n) is 19.3. The van der Waals surface area contributed by atoms with Crippen LogP contribution in [0.25, 0.3) is 6.08 Å². The van der Waals surface area contributed by atoms with Crippen LogP contribution in [-0.2, 0) is 21.3 Å². The van der Waals surface area contributed by atoms with E-state index in [0.717, 1.165) is 5.56 Å². The lowest BCUT2D eigenvalue weighted by molar-refractivity contribution is -0.116. The molecule has 0 radical (unpaired) electrons. The molecule has 0 spiro atoms. The monoisotopic (exact) mass is 462 g/mol. The topological polar surface area (TPSA) is 86.3 Å². The van der Waals surface area contributed by atoms with Crippen molar-refractivity contribution in [2.75, 3.05) is 54.4 Å². The molecule has 1 atom stereocenters. The highest BCUT2D eigenvalue weighted by atomic mass is 32.2. The van der Waals surface area contributed by atoms with Crippen LogP contribution < -0.4 is 24.3 Å². The number of carbonyl (C=O) groups is 1. The summed E-state index contributed by atoms with van der Waals surface area (Å²) in [6.45, 7) is 0.244. The molecule has 1 amide bonds. The Kier molecular flexibility index (Phi) is 9.55. The number of ether oxygens (including phenoxy) is 4. The van der Waals surface area contributed by atoms with Crippen LogP contribution in [0.2, 0.25) is 0 Å². The number of nitrogens with zero attached hydrogens (tertiary/aromatic N) is 1. The minimum atomic E-state index is -1.32. The van der Waals surface area contributed by atoms with E-state index in [1.807, 2.05) is 20.2 Å². The van der Waals surface area contributed by atoms with Gasteiger partial charge in [-0.3, -0.25) is 9.00 Å². The average Bonchev–Trinajstić information content (AvgIpc) is 2.76. The molecular formula is C23H30N2O6S. The van der Waals surface area contributed by atoms with Gasteiger partial charge in [-0.15, -0.1) is 0 Å². The number of rotatable bonds is 11. The Balaban J connectivity index is 2.20. The van der Waals surface area contributed by atoms with Gasteiger partial charge in [0.15, 0.2) is 0 Å². The fraction of sp³-hybridized carbons (Fsp3) is 0.348. The van der Waals surface area contributed by atoms with Crippen LogP contribution in [0.15, 0.2) is 35.7 Å². The van der Waals surface area contributed by atoms with Gasteiger partial charge >= 0.3 is 0 Å². The minimum absolute atomic E-state index is 0.162. The molecule has 8 nitrogen and oxygen atoms in total. The van der Waals surface area contributed by atoms with Crippen molar-refractivity contribution < 1.29 is 28.0 Å². The SMILES string of the molecule is COc1cc(OC)c(/C=C/S(=O)Cc2ccc(OC)c(NC(=O)CN(C)C)c2)c(OC)c1. The fourth-order valence-electron chi connectivity index (χ4n) is 2.97. The Morgan fingerprint density at radius 2 is 1.59 bits per heavy atom. The predicted octanol–water partition coefficient (Wildman–Crippen LogP) is 3.14. The van der Waals surface area contributed by atoms with Crippen molar-refractivity contribution in [3.05, 3.63) is 46.9 Å². The van der Waals surface area contributed by atoms with Crippen molar-refractivity contribution in [2.24, 2.45) is 0 Å². The van der Waals surface area contributed by atoms with Gasteiger partial charge in [-0.1, -0.05) is 6.07 Å². The summed E-state index contributed by atoms with van der Waals surface area (Å²) in [6.07, 6.45) is 1.70. The van der Waals surface area contributed by atoms with E-state index in [0.29, 0.717) is 34.2 Å². The molecular weight excluding hydrogens is 432 g/mol. The summed E-state index contributed by atoms with van der Waals surface area (Å²) in [6, 6.07) is 8.80. The third-order valence-corrected chi connectivity index (χ3v) is 5.50. The number of amides is 1. The van der Waals surface area contributed by atoms with Gasteiger partial charge in [-0.05, 0) is 37.9 Å². The van der Waals surface area contributed by atoms with Crippen LogP contribution in [0, 0.1) is 0 Å². The molecule has 1 unspecified atom stereocenters. The van der Waals surface area contributed by atoms with Gasteiger partial charge in [-0.2, -0.15) is 0 Å². The van der Waals surface area contributed by atoms with Gasteiger partial charge in [0.1, 0.15) is 23.0 Å². The van der Waals surface area contributed by atoms with Crippen LogP contribution in [0.1, 0.15) is 11.1 Å². The first-order valence-electron chi connectivity index (χ1n) is 9.78. The maximum atomic E-state index is 12.7. The van der Waals surface area contributed by atoms with E-state index in [9.17, 15) is 9.00 Å². The van der Waals surface area contributed by atoms with E-state index in [4.69, 9.17) is 18.9 Å². The molecule has 1 N–H and O–H groups in total. The highest BCUT2D eigenvalue weighted by Gasteiger charge is 2.13. The predicted molar refractivity (Wildman–Crippen MR) is 127 cm³/mol. The summed E-state index contributed by atoms with van der Waals surface area (Å²) in [5.74, 6) is 2.33. The molecule has 0 saturated heterocycles. The molecule has 2 aromatic rings. The van der Waals surface area contributed by atoms with Gasteiger partial charge in [0.05, 0.1) is 62.8 Å². The first kappa shape index (κ1) is 25.2. The summed E-state index contributed by atoms with van der Waals surface area (Å²) in [5, 5.41) is 4.42. The molecule has 0 aromatic heterocycles. The number of methoxy groups -OCH3 is 4. The van der Waals surface area contributed by atoms with Gasteiger partial charge in [0.25, 0.3) is 0 Å². The normalized spacial score (nSPS) is 12.0. The lowest BCUT2D eigenvalue weighted by atomic mass is 10.1. The Hall–Kier alpha value is -3.04. The molecule has 2 rings (SSSR count). The Morgan fingerprint density at radius 1 is 0.969 bits per heavy atom. The van der Waals surface area contributed by atoms with E-state index in [1.165, 1.54) is 7.11 Å². The number of nitrogens with one attached hydrogen (secondary N) is 1. The summed E-state index contributed by atoms with van der Waals surface area (Å²) in [5.41, 5.74) is 1.99. The smallest absolute Gasteiger partial charge is 0.238 e. The van der Waals surface area contributed by atoms with E-state index in [2.05, 4.69) is 5.32 Å². The number of benzene rings is 2. The Labute approximate surface area is 191 Å². The zero-order valence-corrected chi connectivity index (χ0v) is 20.1. The Bertz CT molecular complexity index is 965. The van der Waals surface area contributed by atoms with Gasteiger partial charge < -0.3 is 29.2 Å². The van der Waals surface area contributed by atoms with Crippen LogP contribution in [-0.4, -0.2) is 64.1 Å². The van der Waals surface area contributed by atoms with E-state index < -0.39 is 10.8 Å². The first-order chi connectivity index (χ1) is 15.3. The quantitative estimate of drug-likeness (QED) is 0.549. The molecule has 0 aliphatic carbocycles. The fourth-order valence-corrected chi connectivity index (χ4v) is 3.86. The summed E-state index contributed by atoms with van der Waals surface area (Å²) in [7, 11) is 8.50. The number of anilines is 1. The average molecular weight is 463 g/mol. The van der Waals surface area contributed by atoms with Crippen LogP contribution in [0.5, 0.6) is 23.0 Å². The van der Waals surface area contributed by atoms with Gasteiger partial charge in [-0.25, -0.2) is 0 Å². The van der Waals surface area contributed by atoms with Crippen LogP contribution in [0.4, 0.5) is 5.69 Å². The largest absolute Gasteiger partial charge is 0.496 e. The van der Waals surface area contributed by atoms with Crippen molar-refractivity contribution in [1.82, 2.24) is 4.90 Å². The molecule has 0 aliphatic heterocycles. The van der Waals surface area contributed by atoms with E-state index in [-0.39, 0.29) is 18.2 Å². The molecule has 0 saturated carbocycles. The highest BCUT2D eigenvalue weighted by molar-refractivity contribution is 7.87.